The van der Waals surface area contributed by atoms with E-state index in [0.29, 0.717) is 13.1 Å². The quantitative estimate of drug-likeness (QED) is 0.506. The number of para-hydroxylation sites is 2. The maximum Gasteiger partial charge on any atom is 0.314 e. The zero-order valence-electron chi connectivity index (χ0n) is 10.8. The molecule has 0 aliphatic carbocycles. The van der Waals surface area contributed by atoms with Gasteiger partial charge in [0.25, 0.3) is 5.69 Å². The van der Waals surface area contributed by atoms with Gasteiger partial charge in [-0.05, 0) is 19.9 Å². The molecule has 0 fully saturated rings. The molecule has 0 unspecified atom stereocenters. The van der Waals surface area contributed by atoms with Crippen LogP contribution in [0.5, 0.6) is 0 Å². The number of hydrogen-bond acceptors (Lipinski definition) is 4. The summed E-state index contributed by atoms with van der Waals surface area (Å²) in [6.45, 7) is 4.30. The van der Waals surface area contributed by atoms with E-state index in [9.17, 15) is 19.7 Å². The molecule has 0 aliphatic rings. The average Bonchev–Trinajstić information content (AvgIpc) is 2.40. The van der Waals surface area contributed by atoms with Crippen LogP contribution in [-0.4, -0.2) is 34.7 Å². The summed E-state index contributed by atoms with van der Waals surface area (Å²) in [6.07, 6.45) is 0. The van der Waals surface area contributed by atoms with E-state index in [0.717, 1.165) is 0 Å². The van der Waals surface area contributed by atoms with E-state index in [4.69, 9.17) is 0 Å². The number of nitro groups is 1. The maximum atomic E-state index is 11.7. The molecule has 7 nitrogen and oxygen atoms in total. The zero-order valence-corrected chi connectivity index (χ0v) is 10.8. The number of nitrogens with one attached hydrogen (secondary N) is 1. The van der Waals surface area contributed by atoms with Crippen LogP contribution in [0.4, 0.5) is 11.4 Å². The third kappa shape index (κ3) is 3.51. The van der Waals surface area contributed by atoms with Gasteiger partial charge >= 0.3 is 11.8 Å². The van der Waals surface area contributed by atoms with Crippen molar-refractivity contribution in [3.63, 3.8) is 0 Å². The minimum Gasteiger partial charge on any atom is -0.335 e. The number of benzene rings is 1. The molecule has 1 N–H and O–H groups in total. The molecular formula is C12H15N3O4. The number of rotatable bonds is 4. The summed E-state index contributed by atoms with van der Waals surface area (Å²) in [7, 11) is 0. The third-order valence-electron chi connectivity index (χ3n) is 2.59. The van der Waals surface area contributed by atoms with Crippen molar-refractivity contribution in [1.82, 2.24) is 4.90 Å². The number of hydrogen-bond donors (Lipinski definition) is 1. The predicted molar refractivity (Wildman–Crippen MR) is 69.7 cm³/mol. The maximum absolute atomic E-state index is 11.7. The van der Waals surface area contributed by atoms with Crippen LogP contribution in [0.1, 0.15) is 13.8 Å². The summed E-state index contributed by atoms with van der Waals surface area (Å²) in [4.78, 5) is 35.0. The van der Waals surface area contributed by atoms with Gasteiger partial charge in [0.15, 0.2) is 0 Å². The van der Waals surface area contributed by atoms with Crippen molar-refractivity contribution in [3.05, 3.63) is 34.4 Å². The van der Waals surface area contributed by atoms with Crippen LogP contribution in [0.25, 0.3) is 0 Å². The topological polar surface area (TPSA) is 92.6 Å². The Labute approximate surface area is 110 Å². The first-order valence-electron chi connectivity index (χ1n) is 5.84. The van der Waals surface area contributed by atoms with Crippen LogP contribution < -0.4 is 5.32 Å². The molecule has 1 rings (SSSR count). The van der Waals surface area contributed by atoms with Gasteiger partial charge in [0.2, 0.25) is 0 Å². The van der Waals surface area contributed by atoms with Crippen LogP contribution in [0, 0.1) is 10.1 Å². The Hall–Kier alpha value is -2.44. The molecule has 0 saturated carbocycles. The highest BCUT2D eigenvalue weighted by molar-refractivity contribution is 6.39. The van der Waals surface area contributed by atoms with Gasteiger partial charge in [0, 0.05) is 19.2 Å². The Kier molecular flexibility index (Phi) is 4.99. The minimum atomic E-state index is -0.877. The van der Waals surface area contributed by atoms with Gasteiger partial charge in [0.05, 0.1) is 4.92 Å². The van der Waals surface area contributed by atoms with Crippen LogP contribution >= 0.6 is 0 Å². The summed E-state index contributed by atoms with van der Waals surface area (Å²) in [6, 6.07) is 5.67. The van der Waals surface area contributed by atoms with E-state index in [2.05, 4.69) is 5.32 Å². The van der Waals surface area contributed by atoms with Crippen molar-refractivity contribution >= 4 is 23.2 Å². The normalized spacial score (nSPS) is 9.79. The van der Waals surface area contributed by atoms with E-state index < -0.39 is 16.7 Å². The third-order valence-corrected chi connectivity index (χ3v) is 2.59. The van der Waals surface area contributed by atoms with Crippen LogP contribution in [0.3, 0.4) is 0 Å². The average molecular weight is 265 g/mol. The van der Waals surface area contributed by atoms with Gasteiger partial charge in [-0.25, -0.2) is 0 Å². The predicted octanol–water partition coefficient (Wildman–Crippen LogP) is 1.40. The lowest BCUT2D eigenvalue weighted by molar-refractivity contribution is -0.383. The lowest BCUT2D eigenvalue weighted by atomic mass is 10.2. The summed E-state index contributed by atoms with van der Waals surface area (Å²) < 4.78 is 0. The van der Waals surface area contributed by atoms with Gasteiger partial charge in [-0.3, -0.25) is 19.7 Å². The second kappa shape index (κ2) is 6.48. The molecule has 2 amide bonds. The second-order valence-electron chi connectivity index (χ2n) is 3.71. The molecule has 0 aromatic heterocycles. The molecule has 1 aromatic rings. The fourth-order valence-corrected chi connectivity index (χ4v) is 1.57. The SMILES string of the molecule is CCN(CC)C(=O)C(=O)Nc1ccccc1[N+](=O)[O-]. The summed E-state index contributed by atoms with van der Waals surface area (Å²) in [5.74, 6) is -1.58. The number of amides is 2. The number of likely N-dealkylation sites (N-methyl/N-ethyl adjacent to an activating group) is 1. The minimum absolute atomic E-state index is 0.0120. The van der Waals surface area contributed by atoms with Crippen molar-refractivity contribution in [2.24, 2.45) is 0 Å². The standard InChI is InChI=1S/C12H15N3O4/c1-3-14(4-2)12(17)11(16)13-9-7-5-6-8-10(9)15(18)19/h5-8H,3-4H2,1-2H3,(H,13,16). The Balaban J connectivity index is 2.88. The number of nitrogens with zero attached hydrogens (tertiary/aromatic N) is 2. The lowest BCUT2D eigenvalue weighted by Crippen LogP contribution is -2.39. The van der Waals surface area contributed by atoms with Crippen molar-refractivity contribution in [3.8, 4) is 0 Å². The highest BCUT2D eigenvalue weighted by Gasteiger charge is 2.22. The Bertz CT molecular complexity index is 498. The Morgan fingerprint density at radius 3 is 2.37 bits per heavy atom. The molecule has 0 aliphatic heterocycles. The Morgan fingerprint density at radius 1 is 1.26 bits per heavy atom. The van der Waals surface area contributed by atoms with Gasteiger partial charge in [-0.1, -0.05) is 12.1 Å². The molecule has 7 heteroatoms. The van der Waals surface area contributed by atoms with Crippen LogP contribution in [0.2, 0.25) is 0 Å². The number of anilines is 1. The van der Waals surface area contributed by atoms with E-state index >= 15 is 0 Å². The monoisotopic (exact) mass is 265 g/mol. The van der Waals surface area contributed by atoms with Crippen molar-refractivity contribution in [2.45, 2.75) is 13.8 Å². The molecule has 0 bridgehead atoms. The van der Waals surface area contributed by atoms with Crippen LogP contribution in [-0.2, 0) is 9.59 Å². The van der Waals surface area contributed by atoms with E-state index in [1.54, 1.807) is 19.9 Å². The second-order valence-corrected chi connectivity index (χ2v) is 3.71. The number of carbonyl (C=O) groups excluding carboxylic acids is 2. The summed E-state index contributed by atoms with van der Waals surface area (Å²) in [5.41, 5.74) is -0.235. The summed E-state index contributed by atoms with van der Waals surface area (Å²) in [5, 5.41) is 13.0. The first-order valence-corrected chi connectivity index (χ1v) is 5.84. The van der Waals surface area contributed by atoms with Crippen molar-refractivity contribution in [2.75, 3.05) is 18.4 Å². The van der Waals surface area contributed by atoms with Crippen molar-refractivity contribution < 1.29 is 14.5 Å². The fourth-order valence-electron chi connectivity index (χ4n) is 1.57. The fraction of sp³-hybridized carbons (Fsp3) is 0.333. The molecular weight excluding hydrogens is 250 g/mol. The van der Waals surface area contributed by atoms with Gasteiger partial charge < -0.3 is 10.2 Å². The molecule has 102 valence electrons. The van der Waals surface area contributed by atoms with Gasteiger partial charge in [-0.15, -0.1) is 0 Å². The van der Waals surface area contributed by atoms with E-state index in [1.807, 2.05) is 0 Å². The lowest BCUT2D eigenvalue weighted by Gasteiger charge is -2.17. The largest absolute Gasteiger partial charge is 0.335 e. The molecule has 19 heavy (non-hydrogen) atoms. The highest BCUT2D eigenvalue weighted by atomic mass is 16.6. The number of carbonyl (C=O) groups is 2. The number of nitro benzene ring substituents is 1. The molecule has 0 atom stereocenters. The van der Waals surface area contributed by atoms with Crippen molar-refractivity contribution in [1.29, 1.82) is 0 Å². The molecule has 0 saturated heterocycles. The summed E-state index contributed by atoms with van der Waals surface area (Å²) >= 11 is 0. The molecule has 1 aromatic carbocycles. The smallest absolute Gasteiger partial charge is 0.314 e. The van der Waals surface area contributed by atoms with Gasteiger partial charge in [-0.2, -0.15) is 0 Å². The highest BCUT2D eigenvalue weighted by Crippen LogP contribution is 2.23. The zero-order chi connectivity index (χ0) is 14.4. The molecule has 0 spiro atoms. The first kappa shape index (κ1) is 14.6. The van der Waals surface area contributed by atoms with E-state index in [1.165, 1.54) is 23.1 Å². The molecule has 0 heterocycles. The van der Waals surface area contributed by atoms with E-state index in [-0.39, 0.29) is 11.4 Å². The first-order chi connectivity index (χ1) is 9.01. The Morgan fingerprint density at radius 2 is 1.84 bits per heavy atom. The van der Waals surface area contributed by atoms with Gasteiger partial charge in [0.1, 0.15) is 5.69 Å². The van der Waals surface area contributed by atoms with Crippen LogP contribution in [0.15, 0.2) is 24.3 Å². The molecule has 0 radical (unpaired) electrons.